The van der Waals surface area contributed by atoms with Crippen LogP contribution in [-0.4, -0.2) is 76.8 Å². The van der Waals surface area contributed by atoms with Crippen LogP contribution in [0.2, 0.25) is 0 Å². The van der Waals surface area contributed by atoms with Gasteiger partial charge in [0.05, 0.1) is 19.8 Å². The second-order valence-electron chi connectivity index (χ2n) is 8.22. The second kappa shape index (κ2) is 8.32. The fourth-order valence-corrected chi connectivity index (χ4v) is 4.65. The molecule has 1 unspecified atom stereocenters. The Labute approximate surface area is 180 Å². The maximum absolute atomic E-state index is 13.1. The predicted octanol–water partition coefficient (Wildman–Crippen LogP) is 1.66. The molecule has 2 fully saturated rings. The van der Waals surface area contributed by atoms with Gasteiger partial charge < -0.3 is 29.2 Å². The van der Waals surface area contributed by atoms with Gasteiger partial charge in [0.15, 0.2) is 6.10 Å². The van der Waals surface area contributed by atoms with Crippen molar-refractivity contribution in [2.24, 2.45) is 0 Å². The van der Waals surface area contributed by atoms with Gasteiger partial charge in [0.2, 0.25) is 0 Å². The Bertz CT molecular complexity index is 932. The standard InChI is InChI=1S/C22H27N5O4/c28-19(25-12-14-30-15-13-25)18-16-27-11-8-23-20(27)22(31-18)6-9-26(10-7-22)21(29)24-17-4-2-1-3-5-17/h1-5,8,11,18H,6-7,9-10,12-16H2,(H,24,29). The molecule has 9 nitrogen and oxygen atoms in total. The van der Waals surface area contributed by atoms with E-state index >= 15 is 0 Å². The van der Waals surface area contributed by atoms with Gasteiger partial charge >= 0.3 is 6.03 Å². The molecule has 1 N–H and O–H groups in total. The number of anilines is 1. The zero-order valence-electron chi connectivity index (χ0n) is 17.4. The average Bonchev–Trinajstić information content (AvgIpc) is 3.30. The first kappa shape index (κ1) is 20.0. The number of imidazole rings is 1. The summed E-state index contributed by atoms with van der Waals surface area (Å²) in [5, 5.41) is 2.94. The highest BCUT2D eigenvalue weighted by Gasteiger charge is 2.48. The summed E-state index contributed by atoms with van der Waals surface area (Å²) in [5.74, 6) is 0.855. The van der Waals surface area contributed by atoms with E-state index in [9.17, 15) is 9.59 Å². The van der Waals surface area contributed by atoms with Crippen LogP contribution in [0.3, 0.4) is 0 Å². The lowest BCUT2D eigenvalue weighted by Crippen LogP contribution is -2.56. The van der Waals surface area contributed by atoms with Crippen LogP contribution in [0.15, 0.2) is 42.7 Å². The molecule has 2 aromatic rings. The molecule has 31 heavy (non-hydrogen) atoms. The molecule has 0 bridgehead atoms. The molecular weight excluding hydrogens is 398 g/mol. The SMILES string of the molecule is O=C(Nc1ccccc1)N1CCC2(CC1)OC(C(=O)N1CCOCC1)Cn1ccnc12. The molecular formula is C22H27N5O4. The van der Waals surface area contributed by atoms with E-state index in [1.807, 2.05) is 46.0 Å². The summed E-state index contributed by atoms with van der Waals surface area (Å²) in [5.41, 5.74) is 0.117. The summed E-state index contributed by atoms with van der Waals surface area (Å²) in [6.07, 6.45) is 4.31. The Kier molecular flexibility index (Phi) is 5.37. The predicted molar refractivity (Wildman–Crippen MR) is 112 cm³/mol. The Morgan fingerprint density at radius 1 is 1.03 bits per heavy atom. The number of morpholine rings is 1. The molecule has 164 valence electrons. The largest absolute Gasteiger partial charge is 0.378 e. The van der Waals surface area contributed by atoms with Crippen molar-refractivity contribution in [2.75, 3.05) is 44.7 Å². The van der Waals surface area contributed by atoms with Gasteiger partial charge in [-0.1, -0.05) is 18.2 Å². The zero-order valence-corrected chi connectivity index (χ0v) is 17.4. The van der Waals surface area contributed by atoms with Crippen molar-refractivity contribution in [1.82, 2.24) is 19.4 Å². The fraction of sp³-hybridized carbons (Fsp3) is 0.500. The van der Waals surface area contributed by atoms with Crippen molar-refractivity contribution in [1.29, 1.82) is 0 Å². The van der Waals surface area contributed by atoms with Crippen molar-refractivity contribution < 1.29 is 19.1 Å². The van der Waals surface area contributed by atoms with Crippen LogP contribution in [0, 0.1) is 0 Å². The lowest BCUT2D eigenvalue weighted by molar-refractivity contribution is -0.182. The number of nitrogens with zero attached hydrogens (tertiary/aromatic N) is 4. The molecule has 2 saturated heterocycles. The number of para-hydroxylation sites is 1. The number of likely N-dealkylation sites (tertiary alicyclic amines) is 1. The third kappa shape index (κ3) is 3.90. The minimum Gasteiger partial charge on any atom is -0.378 e. The summed E-state index contributed by atoms with van der Waals surface area (Å²) in [6.45, 7) is 3.84. The molecule has 3 aliphatic heterocycles. The zero-order chi connectivity index (χ0) is 21.3. The minimum atomic E-state index is -0.655. The van der Waals surface area contributed by atoms with E-state index in [0.717, 1.165) is 11.5 Å². The first-order valence-electron chi connectivity index (χ1n) is 10.8. The Morgan fingerprint density at radius 3 is 2.52 bits per heavy atom. The van der Waals surface area contributed by atoms with Gasteiger partial charge in [0.1, 0.15) is 11.4 Å². The third-order valence-electron chi connectivity index (χ3n) is 6.33. The average molecular weight is 425 g/mol. The number of urea groups is 1. The van der Waals surface area contributed by atoms with Gasteiger partial charge in [0.25, 0.3) is 5.91 Å². The van der Waals surface area contributed by atoms with E-state index in [-0.39, 0.29) is 11.9 Å². The summed E-state index contributed by atoms with van der Waals surface area (Å²) in [6, 6.07) is 9.31. The van der Waals surface area contributed by atoms with E-state index in [4.69, 9.17) is 9.47 Å². The number of carbonyl (C=O) groups excluding carboxylic acids is 2. The van der Waals surface area contributed by atoms with Crippen molar-refractivity contribution in [3.05, 3.63) is 48.5 Å². The van der Waals surface area contributed by atoms with E-state index in [0.29, 0.717) is 58.8 Å². The minimum absolute atomic E-state index is 0.00581. The molecule has 1 aromatic heterocycles. The topological polar surface area (TPSA) is 88.9 Å². The number of hydrogen-bond acceptors (Lipinski definition) is 5. The van der Waals surface area contributed by atoms with Gasteiger partial charge in [-0.3, -0.25) is 4.79 Å². The number of nitrogens with one attached hydrogen (secondary N) is 1. The molecule has 5 rings (SSSR count). The monoisotopic (exact) mass is 425 g/mol. The highest BCUT2D eigenvalue weighted by Crippen LogP contribution is 2.40. The number of fused-ring (bicyclic) bond motifs is 2. The maximum Gasteiger partial charge on any atom is 0.321 e. The summed E-state index contributed by atoms with van der Waals surface area (Å²) >= 11 is 0. The first-order valence-corrected chi connectivity index (χ1v) is 10.8. The van der Waals surface area contributed by atoms with Crippen LogP contribution in [0.1, 0.15) is 18.7 Å². The van der Waals surface area contributed by atoms with Gasteiger partial charge in [0, 0.05) is 57.1 Å². The maximum atomic E-state index is 13.1. The van der Waals surface area contributed by atoms with E-state index in [1.54, 1.807) is 11.1 Å². The number of benzene rings is 1. The van der Waals surface area contributed by atoms with Crippen LogP contribution in [0.4, 0.5) is 10.5 Å². The van der Waals surface area contributed by atoms with Crippen LogP contribution in [-0.2, 0) is 26.4 Å². The normalized spacial score (nSPS) is 22.8. The molecule has 0 saturated carbocycles. The molecule has 3 aliphatic rings. The Balaban J connectivity index is 1.29. The number of aromatic nitrogens is 2. The Hall–Kier alpha value is -2.91. The second-order valence-corrected chi connectivity index (χ2v) is 8.22. The van der Waals surface area contributed by atoms with E-state index < -0.39 is 11.7 Å². The molecule has 0 aliphatic carbocycles. The van der Waals surface area contributed by atoms with Crippen molar-refractivity contribution in [2.45, 2.75) is 31.1 Å². The van der Waals surface area contributed by atoms with E-state index in [2.05, 4.69) is 10.3 Å². The van der Waals surface area contributed by atoms with Crippen molar-refractivity contribution in [3.8, 4) is 0 Å². The molecule has 3 amide bonds. The Morgan fingerprint density at radius 2 is 1.77 bits per heavy atom. The van der Waals surface area contributed by atoms with Crippen LogP contribution in [0.5, 0.6) is 0 Å². The van der Waals surface area contributed by atoms with E-state index in [1.165, 1.54) is 0 Å². The number of hydrogen-bond donors (Lipinski definition) is 1. The van der Waals surface area contributed by atoms with Crippen LogP contribution < -0.4 is 5.32 Å². The first-order chi connectivity index (χ1) is 15.1. The number of amides is 3. The fourth-order valence-electron chi connectivity index (χ4n) is 4.65. The van der Waals surface area contributed by atoms with Crippen LogP contribution >= 0.6 is 0 Å². The summed E-state index contributed by atoms with van der Waals surface area (Å²) in [4.78, 5) is 34.0. The smallest absolute Gasteiger partial charge is 0.321 e. The lowest BCUT2D eigenvalue weighted by Gasteiger charge is -2.46. The molecule has 4 heterocycles. The number of carbonyl (C=O) groups is 2. The number of ether oxygens (including phenoxy) is 2. The lowest BCUT2D eigenvalue weighted by atomic mass is 9.88. The van der Waals surface area contributed by atoms with Gasteiger partial charge in [-0.2, -0.15) is 0 Å². The van der Waals surface area contributed by atoms with Gasteiger partial charge in [-0.15, -0.1) is 0 Å². The van der Waals surface area contributed by atoms with Crippen LogP contribution in [0.25, 0.3) is 0 Å². The number of piperidine rings is 1. The quantitative estimate of drug-likeness (QED) is 0.791. The van der Waals surface area contributed by atoms with Gasteiger partial charge in [-0.25, -0.2) is 9.78 Å². The van der Waals surface area contributed by atoms with Gasteiger partial charge in [-0.05, 0) is 12.1 Å². The van der Waals surface area contributed by atoms with Crippen molar-refractivity contribution in [3.63, 3.8) is 0 Å². The third-order valence-corrected chi connectivity index (χ3v) is 6.33. The molecule has 1 atom stereocenters. The number of rotatable bonds is 2. The molecule has 1 aromatic carbocycles. The highest BCUT2D eigenvalue weighted by molar-refractivity contribution is 5.89. The highest BCUT2D eigenvalue weighted by atomic mass is 16.5. The summed E-state index contributed by atoms with van der Waals surface area (Å²) in [7, 11) is 0. The van der Waals surface area contributed by atoms with Crippen molar-refractivity contribution >= 4 is 17.6 Å². The molecule has 0 radical (unpaired) electrons. The summed E-state index contributed by atoms with van der Waals surface area (Å²) < 4.78 is 13.9. The molecule has 9 heteroatoms. The molecule has 1 spiro atoms.